The summed E-state index contributed by atoms with van der Waals surface area (Å²) in [4.78, 5) is 12.2. The lowest BCUT2D eigenvalue weighted by molar-refractivity contribution is -0.137. The zero-order valence-electron chi connectivity index (χ0n) is 10.3. The van der Waals surface area contributed by atoms with Gasteiger partial charge in [-0.25, -0.2) is 0 Å². The molecule has 19 heavy (non-hydrogen) atoms. The van der Waals surface area contributed by atoms with Gasteiger partial charge >= 0.3 is 6.18 Å². The minimum absolute atomic E-state index is 0.106. The van der Waals surface area contributed by atoms with E-state index in [2.05, 4.69) is 5.32 Å². The molecule has 104 valence electrons. The normalized spacial score (nSPS) is 20.3. The first-order valence-corrected chi connectivity index (χ1v) is 6.11. The highest BCUT2D eigenvalue weighted by atomic mass is 19.4. The van der Waals surface area contributed by atoms with Gasteiger partial charge in [0.1, 0.15) is 0 Å². The Labute approximate surface area is 109 Å². The highest BCUT2D eigenvalue weighted by Gasteiger charge is 2.32. The number of carbonyl (C=O) groups excluding carboxylic acids is 1. The summed E-state index contributed by atoms with van der Waals surface area (Å²) >= 11 is 0. The minimum Gasteiger partial charge on any atom is -0.398 e. The van der Waals surface area contributed by atoms with Crippen LogP contribution in [0, 0.1) is 5.92 Å². The van der Waals surface area contributed by atoms with E-state index in [9.17, 15) is 18.0 Å². The van der Waals surface area contributed by atoms with Crippen LogP contribution >= 0.6 is 0 Å². The zero-order valence-corrected chi connectivity index (χ0v) is 10.3. The summed E-state index contributed by atoms with van der Waals surface area (Å²) in [5.74, 6) is -0.383. The molecule has 1 aromatic carbocycles. The van der Waals surface area contributed by atoms with Crippen molar-refractivity contribution in [3.8, 4) is 0 Å². The Morgan fingerprint density at radius 1 is 1.37 bits per heavy atom. The van der Waals surface area contributed by atoms with Crippen molar-refractivity contribution in [2.45, 2.75) is 19.0 Å². The van der Waals surface area contributed by atoms with Gasteiger partial charge in [-0.2, -0.15) is 13.2 Å². The second-order valence-corrected chi connectivity index (χ2v) is 4.71. The Morgan fingerprint density at radius 2 is 2.11 bits per heavy atom. The number of benzene rings is 1. The van der Waals surface area contributed by atoms with E-state index in [0.717, 1.165) is 31.5 Å². The van der Waals surface area contributed by atoms with Crippen molar-refractivity contribution in [3.05, 3.63) is 29.3 Å². The van der Waals surface area contributed by atoms with Gasteiger partial charge in [-0.05, 0) is 37.6 Å². The molecule has 1 aliphatic heterocycles. The molecule has 6 heteroatoms. The highest BCUT2D eigenvalue weighted by molar-refractivity contribution is 6.02. The number of carbonyl (C=O) groups is 1. The molecule has 3 N–H and O–H groups in total. The lowest BCUT2D eigenvalue weighted by atomic mass is 9.90. The van der Waals surface area contributed by atoms with Crippen molar-refractivity contribution >= 4 is 11.5 Å². The van der Waals surface area contributed by atoms with Crippen LogP contribution in [0.15, 0.2) is 18.2 Å². The smallest absolute Gasteiger partial charge is 0.398 e. The maximum atomic E-state index is 12.5. The molecule has 0 bridgehead atoms. The molecule has 0 spiro atoms. The third kappa shape index (κ3) is 3.07. The Bertz CT molecular complexity index is 479. The number of piperidine rings is 1. The minimum atomic E-state index is -4.44. The second-order valence-electron chi connectivity index (χ2n) is 4.71. The molecule has 3 nitrogen and oxygen atoms in total. The molecule has 1 heterocycles. The number of nitrogen functional groups attached to an aromatic ring is 1. The van der Waals surface area contributed by atoms with Gasteiger partial charge in [0.15, 0.2) is 5.78 Å². The average molecular weight is 272 g/mol. The first-order chi connectivity index (χ1) is 8.89. The highest BCUT2D eigenvalue weighted by Crippen LogP contribution is 2.32. The summed E-state index contributed by atoms with van der Waals surface area (Å²) in [6, 6.07) is 2.90. The third-order valence-electron chi connectivity index (χ3n) is 3.31. The van der Waals surface area contributed by atoms with E-state index in [1.54, 1.807) is 0 Å². The number of rotatable bonds is 2. The summed E-state index contributed by atoms with van der Waals surface area (Å²) in [6.07, 6.45) is -2.81. The van der Waals surface area contributed by atoms with Crippen LogP contribution in [0.1, 0.15) is 28.8 Å². The van der Waals surface area contributed by atoms with Crippen LogP contribution in [-0.4, -0.2) is 18.9 Å². The van der Waals surface area contributed by atoms with Gasteiger partial charge in [-0.1, -0.05) is 0 Å². The number of halogens is 3. The van der Waals surface area contributed by atoms with Crippen LogP contribution in [0.3, 0.4) is 0 Å². The van der Waals surface area contributed by atoms with Crippen LogP contribution in [0.4, 0.5) is 18.9 Å². The van der Waals surface area contributed by atoms with Gasteiger partial charge in [0.05, 0.1) is 5.56 Å². The van der Waals surface area contributed by atoms with Crippen LogP contribution in [0.2, 0.25) is 0 Å². The van der Waals surface area contributed by atoms with Crippen LogP contribution in [0.5, 0.6) is 0 Å². The van der Waals surface area contributed by atoms with E-state index in [-0.39, 0.29) is 23.0 Å². The lowest BCUT2D eigenvalue weighted by Crippen LogP contribution is -2.34. The molecule has 0 aliphatic carbocycles. The predicted molar refractivity (Wildman–Crippen MR) is 65.8 cm³/mol. The quantitative estimate of drug-likeness (QED) is 0.642. The van der Waals surface area contributed by atoms with E-state index in [0.29, 0.717) is 6.54 Å². The van der Waals surface area contributed by atoms with Crippen molar-refractivity contribution in [1.82, 2.24) is 5.32 Å². The number of anilines is 1. The van der Waals surface area contributed by atoms with Gasteiger partial charge < -0.3 is 11.1 Å². The molecule has 0 saturated carbocycles. The largest absolute Gasteiger partial charge is 0.416 e. The van der Waals surface area contributed by atoms with Crippen LogP contribution in [-0.2, 0) is 6.18 Å². The Balaban J connectivity index is 2.23. The number of alkyl halides is 3. The summed E-state index contributed by atoms with van der Waals surface area (Å²) in [5, 5.41) is 3.10. The Hall–Kier alpha value is -1.56. The van der Waals surface area contributed by atoms with Crippen molar-refractivity contribution in [1.29, 1.82) is 0 Å². The fraction of sp³-hybridized carbons (Fsp3) is 0.462. The standard InChI is InChI=1S/C13H15F3N2O/c14-13(15,16)9-3-4-10(11(17)6-9)12(19)8-2-1-5-18-7-8/h3-4,6,8,18H,1-2,5,7,17H2. The number of hydrogen-bond donors (Lipinski definition) is 2. The van der Waals surface area contributed by atoms with E-state index in [4.69, 9.17) is 5.73 Å². The summed E-state index contributed by atoms with van der Waals surface area (Å²) < 4.78 is 37.5. The number of nitrogens with one attached hydrogen (secondary N) is 1. The van der Waals surface area contributed by atoms with Crippen LogP contribution in [0.25, 0.3) is 0 Å². The number of nitrogens with two attached hydrogens (primary N) is 1. The van der Waals surface area contributed by atoms with E-state index in [1.807, 2.05) is 0 Å². The molecule has 0 amide bonds. The molecule has 2 rings (SSSR count). The number of ketones is 1. The van der Waals surface area contributed by atoms with Crippen molar-refractivity contribution in [2.75, 3.05) is 18.8 Å². The predicted octanol–water partition coefficient (Wildman–Crippen LogP) is 2.47. The van der Waals surface area contributed by atoms with Gasteiger partial charge in [-0.15, -0.1) is 0 Å². The van der Waals surface area contributed by atoms with E-state index >= 15 is 0 Å². The lowest BCUT2D eigenvalue weighted by Gasteiger charge is -2.22. The number of Topliss-reactive ketones (excluding diaryl/α,β-unsaturated/α-hetero) is 1. The molecule has 0 aromatic heterocycles. The molecular weight excluding hydrogens is 257 g/mol. The molecule has 1 aliphatic rings. The molecule has 1 aromatic rings. The van der Waals surface area contributed by atoms with Gasteiger partial charge in [0.2, 0.25) is 0 Å². The van der Waals surface area contributed by atoms with E-state index < -0.39 is 11.7 Å². The van der Waals surface area contributed by atoms with Crippen molar-refractivity contribution < 1.29 is 18.0 Å². The molecule has 0 radical (unpaired) electrons. The van der Waals surface area contributed by atoms with Gasteiger partial charge in [0.25, 0.3) is 0 Å². The topological polar surface area (TPSA) is 55.1 Å². The molecule has 1 unspecified atom stereocenters. The maximum absolute atomic E-state index is 12.5. The van der Waals surface area contributed by atoms with Crippen LogP contribution < -0.4 is 11.1 Å². The van der Waals surface area contributed by atoms with Crippen molar-refractivity contribution in [2.24, 2.45) is 5.92 Å². The summed E-state index contributed by atoms with van der Waals surface area (Å²) in [7, 11) is 0. The second kappa shape index (κ2) is 5.21. The Morgan fingerprint density at radius 3 is 2.63 bits per heavy atom. The molecule has 1 fully saturated rings. The molecule has 1 atom stereocenters. The Kier molecular flexibility index (Phi) is 3.80. The number of hydrogen-bond acceptors (Lipinski definition) is 3. The molecular formula is C13H15F3N2O. The average Bonchev–Trinajstić information content (AvgIpc) is 2.38. The van der Waals surface area contributed by atoms with Crippen molar-refractivity contribution in [3.63, 3.8) is 0 Å². The summed E-state index contributed by atoms with van der Waals surface area (Å²) in [5.41, 5.74) is 4.83. The fourth-order valence-corrected chi connectivity index (χ4v) is 2.26. The monoisotopic (exact) mass is 272 g/mol. The van der Waals surface area contributed by atoms with E-state index in [1.165, 1.54) is 6.07 Å². The third-order valence-corrected chi connectivity index (χ3v) is 3.31. The first kappa shape index (κ1) is 13.9. The SMILES string of the molecule is Nc1cc(C(F)(F)F)ccc1C(=O)C1CCCNC1. The maximum Gasteiger partial charge on any atom is 0.416 e. The molecule has 1 saturated heterocycles. The zero-order chi connectivity index (χ0) is 14.0. The first-order valence-electron chi connectivity index (χ1n) is 6.11. The van der Waals surface area contributed by atoms with Gasteiger partial charge in [-0.3, -0.25) is 4.79 Å². The summed E-state index contributed by atoms with van der Waals surface area (Å²) in [6.45, 7) is 1.42. The fourth-order valence-electron chi connectivity index (χ4n) is 2.26. The van der Waals surface area contributed by atoms with Gasteiger partial charge in [0, 0.05) is 23.7 Å².